The number of hydrogen-bond donors (Lipinski definition) is 1. The number of benzene rings is 3. The normalized spacial score (nSPS) is 12.8. The first-order chi connectivity index (χ1) is 15.8. The van der Waals surface area contributed by atoms with Crippen molar-refractivity contribution in [3.05, 3.63) is 65.2 Å². The molecule has 0 atom stereocenters. The van der Waals surface area contributed by atoms with Crippen LogP contribution in [0.3, 0.4) is 0 Å². The molecular weight excluding hydrogens is 442 g/mol. The summed E-state index contributed by atoms with van der Waals surface area (Å²) in [5, 5.41) is 6.41. The highest BCUT2D eigenvalue weighted by atomic mass is 32.2. The van der Waals surface area contributed by atoms with Crippen molar-refractivity contribution in [3.63, 3.8) is 0 Å². The van der Waals surface area contributed by atoms with Crippen molar-refractivity contribution in [2.24, 2.45) is 5.10 Å². The van der Waals surface area contributed by atoms with Gasteiger partial charge in [-0.3, -0.25) is 9.10 Å². The fourth-order valence-corrected chi connectivity index (χ4v) is 4.95. The number of ether oxygens (including phenoxy) is 2. The number of amides is 1. The van der Waals surface area contributed by atoms with Crippen LogP contribution in [0.1, 0.15) is 16.7 Å². The van der Waals surface area contributed by atoms with Gasteiger partial charge in [0.15, 0.2) is 0 Å². The topological polar surface area (TPSA) is 97.3 Å². The Balaban J connectivity index is 1.53. The van der Waals surface area contributed by atoms with Crippen LogP contribution < -0.4 is 19.2 Å². The third-order valence-electron chi connectivity index (χ3n) is 5.65. The number of carbonyl (C=O) groups excluding carboxylic acids is 1. The summed E-state index contributed by atoms with van der Waals surface area (Å²) in [4.78, 5) is 12.6. The number of hydrazone groups is 1. The van der Waals surface area contributed by atoms with Gasteiger partial charge in [0.2, 0.25) is 10.0 Å². The van der Waals surface area contributed by atoms with Gasteiger partial charge in [0.25, 0.3) is 5.91 Å². The maximum absolute atomic E-state index is 12.6. The molecule has 33 heavy (non-hydrogen) atoms. The molecule has 0 unspecified atom stereocenters. The quantitative estimate of drug-likeness (QED) is 0.406. The van der Waals surface area contributed by atoms with Crippen LogP contribution in [0.25, 0.3) is 10.8 Å². The second kappa shape index (κ2) is 9.11. The minimum absolute atomic E-state index is 0.229. The second-order valence-corrected chi connectivity index (χ2v) is 9.66. The molecule has 1 aliphatic rings. The summed E-state index contributed by atoms with van der Waals surface area (Å²) in [7, 11) is -0.860. The highest BCUT2D eigenvalue weighted by Gasteiger charge is 2.24. The summed E-state index contributed by atoms with van der Waals surface area (Å²) in [5.41, 5.74) is 6.18. The molecule has 1 N–H and O–H groups in total. The Labute approximate surface area is 192 Å². The largest absolute Gasteiger partial charge is 0.497 e. The summed E-state index contributed by atoms with van der Waals surface area (Å²) in [5.74, 6) is 0.188. The van der Waals surface area contributed by atoms with Gasteiger partial charge in [-0.1, -0.05) is 30.3 Å². The standard InChI is InChI=1S/C24H25N3O5S/c1-31-19-11-12-21(22(13-19)32-2)27(33(3,29)30)15-23(28)26-25-14-18-10-9-17-8-7-16-5-4-6-20(18)24(16)17/h4-6,9-14H,7-8,15H2,1-3H3,(H,26,28)/b25-14-. The fraction of sp³-hybridized carbons (Fsp3) is 0.250. The Hall–Kier alpha value is -3.59. The molecule has 8 nitrogen and oxygen atoms in total. The number of nitrogens with one attached hydrogen (secondary N) is 1. The van der Waals surface area contributed by atoms with Gasteiger partial charge in [-0.05, 0) is 46.9 Å². The monoisotopic (exact) mass is 467 g/mol. The van der Waals surface area contributed by atoms with Crippen LogP contribution in [0, 0.1) is 0 Å². The molecule has 3 aromatic rings. The highest BCUT2D eigenvalue weighted by Crippen LogP contribution is 2.34. The summed E-state index contributed by atoms with van der Waals surface area (Å²) in [6.07, 6.45) is 4.66. The predicted molar refractivity (Wildman–Crippen MR) is 129 cm³/mol. The minimum Gasteiger partial charge on any atom is -0.497 e. The molecule has 0 bridgehead atoms. The molecule has 3 aromatic carbocycles. The number of aryl methyl sites for hydroxylation is 2. The first kappa shape index (κ1) is 22.6. The average molecular weight is 468 g/mol. The fourth-order valence-electron chi connectivity index (χ4n) is 4.09. The number of carbonyl (C=O) groups is 1. The van der Waals surface area contributed by atoms with Crippen molar-refractivity contribution in [1.82, 2.24) is 5.43 Å². The van der Waals surface area contributed by atoms with Gasteiger partial charge in [-0.25, -0.2) is 13.8 Å². The van der Waals surface area contributed by atoms with Gasteiger partial charge >= 0.3 is 0 Å². The molecule has 0 saturated heterocycles. The number of rotatable bonds is 8. The third-order valence-corrected chi connectivity index (χ3v) is 6.77. The molecule has 0 radical (unpaired) electrons. The smallest absolute Gasteiger partial charge is 0.260 e. The molecule has 0 aromatic heterocycles. The second-order valence-electron chi connectivity index (χ2n) is 7.75. The summed E-state index contributed by atoms with van der Waals surface area (Å²) >= 11 is 0. The van der Waals surface area contributed by atoms with Crippen molar-refractivity contribution >= 4 is 38.6 Å². The predicted octanol–water partition coefficient (Wildman–Crippen LogP) is 2.87. The Morgan fingerprint density at radius 2 is 1.85 bits per heavy atom. The number of anilines is 1. The van der Waals surface area contributed by atoms with Crippen molar-refractivity contribution in [2.75, 3.05) is 31.3 Å². The van der Waals surface area contributed by atoms with Crippen LogP contribution in [0.15, 0.2) is 53.6 Å². The van der Waals surface area contributed by atoms with Crippen LogP contribution in [0.4, 0.5) is 5.69 Å². The molecule has 0 aliphatic heterocycles. The molecular formula is C24H25N3O5S. The van der Waals surface area contributed by atoms with E-state index in [9.17, 15) is 13.2 Å². The van der Waals surface area contributed by atoms with E-state index >= 15 is 0 Å². The van der Waals surface area contributed by atoms with Gasteiger partial charge in [0, 0.05) is 11.6 Å². The van der Waals surface area contributed by atoms with Crippen LogP contribution in [-0.4, -0.2) is 47.6 Å². The lowest BCUT2D eigenvalue weighted by Crippen LogP contribution is -2.39. The number of nitrogens with zero attached hydrogens (tertiary/aromatic N) is 2. The molecule has 0 fully saturated rings. The Morgan fingerprint density at radius 1 is 1.09 bits per heavy atom. The van der Waals surface area contributed by atoms with Gasteiger partial charge in [0.05, 0.1) is 32.4 Å². The molecule has 1 aliphatic carbocycles. The van der Waals surface area contributed by atoms with E-state index in [4.69, 9.17) is 9.47 Å². The van der Waals surface area contributed by atoms with Gasteiger partial charge < -0.3 is 9.47 Å². The van der Waals surface area contributed by atoms with Crippen molar-refractivity contribution < 1.29 is 22.7 Å². The summed E-state index contributed by atoms with van der Waals surface area (Å²) < 4.78 is 36.3. The van der Waals surface area contributed by atoms with E-state index in [2.05, 4.69) is 22.7 Å². The SMILES string of the molecule is COc1ccc(N(CC(=O)N/N=C\c2ccc3c4c(cccc24)CC3)S(C)(=O)=O)c(OC)c1. The molecule has 9 heteroatoms. The molecule has 172 valence electrons. The van der Waals surface area contributed by atoms with Gasteiger partial charge in [0.1, 0.15) is 18.0 Å². The third kappa shape index (κ3) is 4.63. The van der Waals surface area contributed by atoms with E-state index in [0.717, 1.165) is 34.4 Å². The van der Waals surface area contributed by atoms with E-state index in [-0.39, 0.29) is 11.4 Å². The maximum atomic E-state index is 12.6. The summed E-state index contributed by atoms with van der Waals surface area (Å²) in [6, 6.07) is 14.9. The van der Waals surface area contributed by atoms with Crippen LogP contribution in [0.5, 0.6) is 11.5 Å². The first-order valence-electron chi connectivity index (χ1n) is 10.4. The lowest BCUT2D eigenvalue weighted by atomic mass is 10.0. The zero-order valence-electron chi connectivity index (χ0n) is 18.7. The molecule has 4 rings (SSSR count). The Bertz CT molecular complexity index is 1340. The molecule has 0 heterocycles. The van der Waals surface area contributed by atoms with Crippen LogP contribution in [0.2, 0.25) is 0 Å². The first-order valence-corrected chi connectivity index (χ1v) is 12.2. The van der Waals surface area contributed by atoms with Crippen molar-refractivity contribution in [1.29, 1.82) is 0 Å². The molecule has 0 saturated carbocycles. The number of methoxy groups -OCH3 is 2. The summed E-state index contributed by atoms with van der Waals surface area (Å²) in [6.45, 7) is -0.456. The Morgan fingerprint density at radius 3 is 2.55 bits per heavy atom. The Kier molecular flexibility index (Phi) is 6.24. The van der Waals surface area contributed by atoms with Crippen molar-refractivity contribution in [3.8, 4) is 11.5 Å². The van der Waals surface area contributed by atoms with E-state index in [1.807, 2.05) is 18.2 Å². The van der Waals surface area contributed by atoms with Gasteiger partial charge in [-0.2, -0.15) is 5.10 Å². The minimum atomic E-state index is -3.77. The van der Waals surface area contributed by atoms with E-state index in [1.54, 1.807) is 18.3 Å². The lowest BCUT2D eigenvalue weighted by Gasteiger charge is -2.23. The van der Waals surface area contributed by atoms with E-state index in [0.29, 0.717) is 5.75 Å². The van der Waals surface area contributed by atoms with Crippen LogP contribution >= 0.6 is 0 Å². The molecule has 0 spiro atoms. The maximum Gasteiger partial charge on any atom is 0.260 e. The van der Waals surface area contributed by atoms with Gasteiger partial charge in [-0.15, -0.1) is 0 Å². The average Bonchev–Trinajstić information content (AvgIpc) is 3.22. The van der Waals surface area contributed by atoms with E-state index < -0.39 is 22.5 Å². The van der Waals surface area contributed by atoms with E-state index in [1.165, 1.54) is 36.8 Å². The number of sulfonamides is 1. The zero-order valence-corrected chi connectivity index (χ0v) is 19.5. The van der Waals surface area contributed by atoms with Crippen molar-refractivity contribution in [2.45, 2.75) is 12.8 Å². The lowest BCUT2D eigenvalue weighted by molar-refractivity contribution is -0.119. The van der Waals surface area contributed by atoms with Crippen LogP contribution in [-0.2, 0) is 27.7 Å². The molecule has 1 amide bonds. The highest BCUT2D eigenvalue weighted by molar-refractivity contribution is 7.92. The zero-order chi connectivity index (χ0) is 23.6. The number of hydrogen-bond acceptors (Lipinski definition) is 6.